The topological polar surface area (TPSA) is 49.4 Å². The van der Waals surface area contributed by atoms with Crippen molar-refractivity contribution in [3.8, 4) is 0 Å². The Balaban J connectivity index is 2.20. The molecule has 1 aromatic carbocycles. The Morgan fingerprint density at radius 3 is 2.48 bits per heavy atom. The van der Waals surface area contributed by atoms with Crippen LogP contribution >= 0.6 is 11.3 Å². The molecule has 0 saturated carbocycles. The van der Waals surface area contributed by atoms with E-state index in [9.17, 15) is 12.8 Å². The molecule has 0 spiro atoms. The zero-order valence-electron chi connectivity index (χ0n) is 13.2. The number of rotatable bonds is 8. The summed E-state index contributed by atoms with van der Waals surface area (Å²) in [7, 11) is -3.88. The lowest BCUT2D eigenvalue weighted by Crippen LogP contribution is -2.38. The van der Waals surface area contributed by atoms with Gasteiger partial charge in [-0.05, 0) is 47.6 Å². The smallest absolute Gasteiger partial charge is 0.243 e. The second-order valence-corrected chi connectivity index (χ2v) is 7.59. The molecule has 1 N–H and O–H groups in total. The van der Waals surface area contributed by atoms with Gasteiger partial charge >= 0.3 is 0 Å². The van der Waals surface area contributed by atoms with Crippen molar-refractivity contribution < 1.29 is 12.8 Å². The first-order valence-electron chi connectivity index (χ1n) is 7.50. The van der Waals surface area contributed by atoms with Gasteiger partial charge in [0.2, 0.25) is 10.0 Å². The van der Waals surface area contributed by atoms with Gasteiger partial charge in [-0.25, -0.2) is 17.5 Å². The molecule has 1 atom stereocenters. The predicted molar refractivity (Wildman–Crippen MR) is 91.6 cm³/mol. The van der Waals surface area contributed by atoms with E-state index in [1.54, 1.807) is 11.3 Å². The molecule has 4 nitrogen and oxygen atoms in total. The molecule has 2 rings (SSSR count). The summed E-state index contributed by atoms with van der Waals surface area (Å²) in [4.78, 5) is 1.86. The molecular formula is C16H21FN2O2S2. The zero-order chi connectivity index (χ0) is 16.9. The lowest BCUT2D eigenvalue weighted by atomic mass is 10.1. The molecule has 0 amide bonds. The average Bonchev–Trinajstić information content (AvgIpc) is 3.05. The van der Waals surface area contributed by atoms with Gasteiger partial charge in [0.15, 0.2) is 0 Å². The van der Waals surface area contributed by atoms with E-state index >= 15 is 0 Å². The Labute approximate surface area is 141 Å². The van der Waals surface area contributed by atoms with Crippen LogP contribution in [0.2, 0.25) is 0 Å². The number of thiophene rings is 1. The highest BCUT2D eigenvalue weighted by Gasteiger charge is 2.23. The van der Waals surface area contributed by atoms with Crippen LogP contribution in [-0.4, -0.2) is 33.0 Å². The van der Waals surface area contributed by atoms with Gasteiger partial charge in [0.05, 0.1) is 0 Å². The highest BCUT2D eigenvalue weighted by Crippen LogP contribution is 2.23. The van der Waals surface area contributed by atoms with Crippen LogP contribution in [-0.2, 0) is 10.0 Å². The van der Waals surface area contributed by atoms with Crippen LogP contribution in [0.4, 0.5) is 4.39 Å². The van der Waals surface area contributed by atoms with Crippen LogP contribution < -0.4 is 4.72 Å². The largest absolute Gasteiger partial charge is 0.296 e. The van der Waals surface area contributed by atoms with Gasteiger partial charge in [0, 0.05) is 12.6 Å². The first-order chi connectivity index (χ1) is 11.0. The number of halogens is 1. The molecule has 0 bridgehead atoms. The molecule has 0 unspecified atom stereocenters. The molecule has 0 saturated heterocycles. The summed E-state index contributed by atoms with van der Waals surface area (Å²) in [5.41, 5.74) is 1.06. The van der Waals surface area contributed by atoms with Crippen LogP contribution in [0, 0.1) is 5.82 Å². The first kappa shape index (κ1) is 18.1. The normalized spacial score (nSPS) is 13.4. The third-order valence-electron chi connectivity index (χ3n) is 3.77. The molecule has 0 fully saturated rings. The second kappa shape index (κ2) is 8.01. The van der Waals surface area contributed by atoms with E-state index in [1.807, 2.05) is 30.7 Å². The molecule has 7 heteroatoms. The molecule has 1 heterocycles. The Kier molecular flexibility index (Phi) is 6.29. The number of hydrogen-bond donors (Lipinski definition) is 1. The van der Waals surface area contributed by atoms with Gasteiger partial charge in [-0.15, -0.1) is 0 Å². The van der Waals surface area contributed by atoms with Crippen molar-refractivity contribution in [2.45, 2.75) is 24.8 Å². The first-order valence-corrected chi connectivity index (χ1v) is 9.92. The third kappa shape index (κ3) is 4.38. The number of likely N-dealkylation sites (N-methyl/N-ethyl adjacent to an activating group) is 1. The van der Waals surface area contributed by atoms with E-state index in [0.717, 1.165) is 24.7 Å². The van der Waals surface area contributed by atoms with Crippen molar-refractivity contribution >= 4 is 21.4 Å². The summed E-state index contributed by atoms with van der Waals surface area (Å²) >= 11 is 1.57. The predicted octanol–water partition coefficient (Wildman–Crippen LogP) is 3.25. The number of sulfonamides is 1. The van der Waals surface area contributed by atoms with Gasteiger partial charge in [0.25, 0.3) is 0 Å². The fourth-order valence-corrected chi connectivity index (χ4v) is 4.34. The Morgan fingerprint density at radius 2 is 1.91 bits per heavy atom. The average molecular weight is 356 g/mol. The molecule has 0 radical (unpaired) electrons. The molecule has 0 aliphatic carbocycles. The quantitative estimate of drug-likeness (QED) is 0.790. The van der Waals surface area contributed by atoms with E-state index < -0.39 is 15.8 Å². The Bertz CT molecular complexity index is 713. The molecule has 0 aliphatic rings. The number of hydrogen-bond acceptors (Lipinski definition) is 4. The van der Waals surface area contributed by atoms with Gasteiger partial charge in [0.1, 0.15) is 10.7 Å². The van der Waals surface area contributed by atoms with Crippen molar-refractivity contribution in [1.82, 2.24) is 9.62 Å². The Hall–Kier alpha value is -1.28. The number of nitrogens with one attached hydrogen (secondary N) is 1. The molecule has 1 aromatic heterocycles. The summed E-state index contributed by atoms with van der Waals surface area (Å²) in [6, 6.07) is 7.32. The standard InChI is InChI=1S/C16H21FN2O2S2/c1-3-19(4-2)15(13-9-10-22-12-13)11-18-23(20,21)16-8-6-5-7-14(16)17/h5-10,12,15,18H,3-4,11H2,1-2H3/t15-/m1/s1. The fraction of sp³-hybridized carbons (Fsp3) is 0.375. The summed E-state index contributed by atoms with van der Waals surface area (Å²) in [6.45, 7) is 5.88. The third-order valence-corrected chi connectivity index (χ3v) is 5.93. The highest BCUT2D eigenvalue weighted by molar-refractivity contribution is 7.89. The highest BCUT2D eigenvalue weighted by atomic mass is 32.2. The van der Waals surface area contributed by atoms with Gasteiger partial charge in [-0.3, -0.25) is 4.90 Å². The van der Waals surface area contributed by atoms with E-state index in [1.165, 1.54) is 18.2 Å². The van der Waals surface area contributed by atoms with Gasteiger partial charge < -0.3 is 0 Å². The van der Waals surface area contributed by atoms with E-state index in [-0.39, 0.29) is 17.5 Å². The number of benzene rings is 1. The van der Waals surface area contributed by atoms with Crippen molar-refractivity contribution in [3.05, 3.63) is 52.5 Å². The van der Waals surface area contributed by atoms with Crippen molar-refractivity contribution in [3.63, 3.8) is 0 Å². The molecule has 0 aliphatic heterocycles. The van der Waals surface area contributed by atoms with Crippen molar-refractivity contribution in [2.75, 3.05) is 19.6 Å². The lowest BCUT2D eigenvalue weighted by molar-refractivity contribution is 0.220. The minimum absolute atomic E-state index is 0.0715. The fourth-order valence-electron chi connectivity index (χ4n) is 2.52. The molecule has 2 aromatic rings. The summed E-state index contributed by atoms with van der Waals surface area (Å²) < 4.78 is 41.0. The summed E-state index contributed by atoms with van der Waals surface area (Å²) in [6.07, 6.45) is 0. The maximum atomic E-state index is 13.7. The molecule has 126 valence electrons. The van der Waals surface area contributed by atoms with Crippen LogP contribution in [0.25, 0.3) is 0 Å². The van der Waals surface area contributed by atoms with Crippen molar-refractivity contribution in [2.24, 2.45) is 0 Å². The Morgan fingerprint density at radius 1 is 1.22 bits per heavy atom. The van der Waals surface area contributed by atoms with Crippen LogP contribution in [0.5, 0.6) is 0 Å². The van der Waals surface area contributed by atoms with Gasteiger partial charge in [-0.2, -0.15) is 11.3 Å². The second-order valence-electron chi connectivity index (χ2n) is 5.08. The van der Waals surface area contributed by atoms with E-state index in [4.69, 9.17) is 0 Å². The van der Waals surface area contributed by atoms with E-state index in [2.05, 4.69) is 9.62 Å². The van der Waals surface area contributed by atoms with Crippen molar-refractivity contribution in [1.29, 1.82) is 0 Å². The lowest BCUT2D eigenvalue weighted by Gasteiger charge is -2.29. The minimum Gasteiger partial charge on any atom is -0.296 e. The van der Waals surface area contributed by atoms with Crippen LogP contribution in [0.1, 0.15) is 25.5 Å². The minimum atomic E-state index is -3.88. The van der Waals surface area contributed by atoms with Crippen LogP contribution in [0.15, 0.2) is 46.0 Å². The van der Waals surface area contributed by atoms with E-state index in [0.29, 0.717) is 0 Å². The summed E-state index contributed by atoms with van der Waals surface area (Å²) in [5, 5.41) is 3.98. The monoisotopic (exact) mass is 356 g/mol. The maximum absolute atomic E-state index is 13.7. The SMILES string of the molecule is CCN(CC)[C@H](CNS(=O)(=O)c1ccccc1F)c1ccsc1. The number of nitrogens with zero attached hydrogens (tertiary/aromatic N) is 1. The summed E-state index contributed by atoms with van der Waals surface area (Å²) in [5.74, 6) is -0.741. The molecule has 23 heavy (non-hydrogen) atoms. The van der Waals surface area contributed by atoms with Gasteiger partial charge in [-0.1, -0.05) is 26.0 Å². The maximum Gasteiger partial charge on any atom is 0.243 e. The molecular weight excluding hydrogens is 335 g/mol. The zero-order valence-corrected chi connectivity index (χ0v) is 14.8. The van der Waals surface area contributed by atoms with Crippen LogP contribution in [0.3, 0.4) is 0 Å².